The summed E-state index contributed by atoms with van der Waals surface area (Å²) in [5.74, 6) is -2.32. The van der Waals surface area contributed by atoms with Crippen molar-refractivity contribution in [3.05, 3.63) is 0 Å². The minimum Gasteiger partial charge on any atom is -0.481 e. The first-order valence-electron chi connectivity index (χ1n) is 7.05. The Hall–Kier alpha value is -1.83. The Kier molecular flexibility index (Phi) is 6.93. The van der Waals surface area contributed by atoms with Crippen molar-refractivity contribution in [1.82, 2.24) is 10.2 Å². The smallest absolute Gasteiger partial charge is 0.326 e. The maximum Gasteiger partial charge on any atom is 0.326 e. The quantitative estimate of drug-likeness (QED) is 0.631. The van der Waals surface area contributed by atoms with Gasteiger partial charge in [-0.25, -0.2) is 9.59 Å². The van der Waals surface area contributed by atoms with E-state index in [4.69, 9.17) is 14.9 Å². The van der Waals surface area contributed by atoms with Gasteiger partial charge in [-0.15, -0.1) is 0 Å². The third-order valence-electron chi connectivity index (χ3n) is 3.37. The van der Waals surface area contributed by atoms with E-state index in [9.17, 15) is 14.4 Å². The molecular formula is C13H22N2O6. The molecule has 0 bridgehead atoms. The zero-order valence-corrected chi connectivity index (χ0v) is 12.1. The Bertz CT molecular complexity index is 379. The highest BCUT2D eigenvalue weighted by Crippen LogP contribution is 2.14. The van der Waals surface area contributed by atoms with E-state index >= 15 is 0 Å². The van der Waals surface area contributed by atoms with Gasteiger partial charge in [0.25, 0.3) is 0 Å². The maximum atomic E-state index is 12.0. The van der Waals surface area contributed by atoms with E-state index in [1.807, 2.05) is 6.92 Å². The lowest BCUT2D eigenvalue weighted by atomic mass is 10.1. The van der Waals surface area contributed by atoms with E-state index in [2.05, 4.69) is 5.32 Å². The zero-order chi connectivity index (χ0) is 15.8. The number of piperidine rings is 1. The van der Waals surface area contributed by atoms with E-state index in [1.165, 1.54) is 4.90 Å². The van der Waals surface area contributed by atoms with Crippen LogP contribution in [0.1, 0.15) is 32.6 Å². The van der Waals surface area contributed by atoms with Gasteiger partial charge in [-0.2, -0.15) is 0 Å². The fourth-order valence-electron chi connectivity index (χ4n) is 2.23. The molecule has 120 valence electrons. The van der Waals surface area contributed by atoms with Crippen molar-refractivity contribution in [2.24, 2.45) is 0 Å². The van der Waals surface area contributed by atoms with E-state index in [0.29, 0.717) is 32.5 Å². The van der Waals surface area contributed by atoms with Gasteiger partial charge in [-0.1, -0.05) is 0 Å². The summed E-state index contributed by atoms with van der Waals surface area (Å²) in [6.45, 7) is 3.55. The number of amides is 2. The SMILES string of the molecule is CCOC1CCN(C(=O)N[C@@H](CCC(=O)O)C(=O)O)CC1. The summed E-state index contributed by atoms with van der Waals surface area (Å²) in [4.78, 5) is 35.0. The van der Waals surface area contributed by atoms with Gasteiger partial charge >= 0.3 is 18.0 Å². The highest BCUT2D eigenvalue weighted by molar-refractivity contribution is 5.83. The van der Waals surface area contributed by atoms with Crippen molar-refractivity contribution < 1.29 is 29.3 Å². The highest BCUT2D eigenvalue weighted by atomic mass is 16.5. The Morgan fingerprint density at radius 3 is 2.38 bits per heavy atom. The number of carboxylic acid groups (broad SMARTS) is 2. The van der Waals surface area contributed by atoms with Crippen LogP contribution in [0, 0.1) is 0 Å². The van der Waals surface area contributed by atoms with E-state index in [-0.39, 0.29) is 18.9 Å². The molecule has 1 heterocycles. The molecule has 0 saturated carbocycles. The number of nitrogens with one attached hydrogen (secondary N) is 1. The van der Waals surface area contributed by atoms with Crippen molar-refractivity contribution in [2.45, 2.75) is 44.8 Å². The van der Waals surface area contributed by atoms with Gasteiger partial charge in [0.1, 0.15) is 6.04 Å². The number of ether oxygens (including phenoxy) is 1. The van der Waals surface area contributed by atoms with Crippen molar-refractivity contribution in [3.8, 4) is 0 Å². The third kappa shape index (κ3) is 5.99. The van der Waals surface area contributed by atoms with Gasteiger partial charge in [0.2, 0.25) is 0 Å². The van der Waals surface area contributed by atoms with Crippen LogP contribution in [0.2, 0.25) is 0 Å². The Morgan fingerprint density at radius 2 is 1.90 bits per heavy atom. The zero-order valence-electron chi connectivity index (χ0n) is 12.1. The van der Waals surface area contributed by atoms with Gasteiger partial charge in [0.15, 0.2) is 0 Å². The average molecular weight is 302 g/mol. The molecule has 1 fully saturated rings. The van der Waals surface area contributed by atoms with Gasteiger partial charge in [0.05, 0.1) is 6.10 Å². The normalized spacial score (nSPS) is 17.3. The number of hydrogen-bond acceptors (Lipinski definition) is 4. The second-order valence-corrected chi connectivity index (χ2v) is 4.91. The summed E-state index contributed by atoms with van der Waals surface area (Å²) in [7, 11) is 0. The Balaban J connectivity index is 2.43. The van der Waals surface area contributed by atoms with Crippen LogP contribution in [0.25, 0.3) is 0 Å². The topological polar surface area (TPSA) is 116 Å². The number of urea groups is 1. The summed E-state index contributed by atoms with van der Waals surface area (Å²) in [5.41, 5.74) is 0. The molecule has 1 aliphatic rings. The van der Waals surface area contributed by atoms with Crippen LogP contribution in [-0.4, -0.2) is 64.9 Å². The second kappa shape index (κ2) is 8.46. The minimum atomic E-state index is -1.23. The summed E-state index contributed by atoms with van der Waals surface area (Å²) in [6.07, 6.45) is 1.14. The van der Waals surface area contributed by atoms with Crippen LogP contribution in [0.4, 0.5) is 4.79 Å². The fourth-order valence-corrected chi connectivity index (χ4v) is 2.23. The van der Waals surface area contributed by atoms with Gasteiger partial charge in [-0.05, 0) is 26.2 Å². The first-order valence-corrected chi connectivity index (χ1v) is 7.05. The van der Waals surface area contributed by atoms with Crippen LogP contribution < -0.4 is 5.32 Å². The van der Waals surface area contributed by atoms with Crippen molar-refractivity contribution in [2.75, 3.05) is 19.7 Å². The van der Waals surface area contributed by atoms with Gasteiger partial charge in [0, 0.05) is 26.1 Å². The number of rotatable bonds is 7. The number of nitrogens with zero attached hydrogens (tertiary/aromatic N) is 1. The average Bonchev–Trinajstić information content (AvgIpc) is 2.43. The third-order valence-corrected chi connectivity index (χ3v) is 3.37. The number of carbonyl (C=O) groups is 3. The lowest BCUT2D eigenvalue weighted by Gasteiger charge is -2.32. The molecular weight excluding hydrogens is 280 g/mol. The van der Waals surface area contributed by atoms with Crippen molar-refractivity contribution >= 4 is 18.0 Å². The molecule has 0 spiro atoms. The molecule has 1 saturated heterocycles. The molecule has 3 N–H and O–H groups in total. The molecule has 0 aliphatic carbocycles. The van der Waals surface area contributed by atoms with Crippen LogP contribution in [0.3, 0.4) is 0 Å². The molecule has 0 radical (unpaired) electrons. The standard InChI is InChI=1S/C13H22N2O6/c1-2-21-9-5-7-15(8-6-9)13(20)14-10(12(18)19)3-4-11(16)17/h9-10H,2-8H2,1H3,(H,14,20)(H,16,17)(H,18,19)/t10-/m0/s1. The summed E-state index contributed by atoms with van der Waals surface area (Å²) >= 11 is 0. The highest BCUT2D eigenvalue weighted by Gasteiger charge is 2.27. The number of carboxylic acids is 2. The molecule has 8 nitrogen and oxygen atoms in total. The molecule has 1 aliphatic heterocycles. The molecule has 0 aromatic rings. The lowest BCUT2D eigenvalue weighted by molar-refractivity contribution is -0.140. The van der Waals surface area contributed by atoms with Crippen LogP contribution in [-0.2, 0) is 14.3 Å². The first-order chi connectivity index (χ1) is 9.93. The number of likely N-dealkylation sites (tertiary alicyclic amines) is 1. The van der Waals surface area contributed by atoms with Gasteiger partial charge in [-0.3, -0.25) is 4.79 Å². The predicted octanol–water partition coefficient (Wildman–Crippen LogP) is 0.515. The first kappa shape index (κ1) is 17.2. The lowest BCUT2D eigenvalue weighted by Crippen LogP contribution is -2.51. The molecule has 1 atom stereocenters. The predicted molar refractivity (Wildman–Crippen MR) is 73.0 cm³/mol. The molecule has 8 heteroatoms. The summed E-state index contributed by atoms with van der Waals surface area (Å²) < 4.78 is 5.48. The summed E-state index contributed by atoms with van der Waals surface area (Å²) in [6, 6.07) is -1.65. The largest absolute Gasteiger partial charge is 0.481 e. The number of hydrogen-bond donors (Lipinski definition) is 3. The number of carbonyl (C=O) groups excluding carboxylic acids is 1. The maximum absolute atomic E-state index is 12.0. The van der Waals surface area contributed by atoms with Crippen molar-refractivity contribution in [1.29, 1.82) is 0 Å². The molecule has 1 rings (SSSR count). The second-order valence-electron chi connectivity index (χ2n) is 4.91. The van der Waals surface area contributed by atoms with Crippen LogP contribution in [0.15, 0.2) is 0 Å². The van der Waals surface area contributed by atoms with Gasteiger partial charge < -0.3 is 25.2 Å². The molecule has 0 aromatic heterocycles. The van der Waals surface area contributed by atoms with E-state index < -0.39 is 24.0 Å². The Morgan fingerprint density at radius 1 is 1.29 bits per heavy atom. The minimum absolute atomic E-state index is 0.133. The van der Waals surface area contributed by atoms with E-state index in [1.54, 1.807) is 0 Å². The molecule has 0 unspecified atom stereocenters. The summed E-state index contributed by atoms with van der Waals surface area (Å²) in [5, 5.41) is 19.9. The Labute approximate surface area is 123 Å². The number of aliphatic carboxylic acids is 2. The monoisotopic (exact) mass is 302 g/mol. The molecule has 2 amide bonds. The van der Waals surface area contributed by atoms with Crippen molar-refractivity contribution in [3.63, 3.8) is 0 Å². The van der Waals surface area contributed by atoms with Crippen LogP contribution >= 0.6 is 0 Å². The molecule has 21 heavy (non-hydrogen) atoms. The van der Waals surface area contributed by atoms with Crippen LogP contribution in [0.5, 0.6) is 0 Å². The molecule has 0 aromatic carbocycles. The van der Waals surface area contributed by atoms with E-state index in [0.717, 1.165) is 0 Å². The fraction of sp³-hybridized carbons (Fsp3) is 0.769.